The molecule has 1 aromatic carbocycles. The number of hydrogen-bond donors (Lipinski definition) is 2. The Morgan fingerprint density at radius 3 is 2.72 bits per heavy atom. The Bertz CT molecular complexity index is 408. The molecule has 1 rings (SSSR count). The van der Waals surface area contributed by atoms with Crippen molar-refractivity contribution in [3.05, 3.63) is 34.6 Å². The van der Waals surface area contributed by atoms with Gasteiger partial charge in [0, 0.05) is 23.3 Å². The van der Waals surface area contributed by atoms with Crippen molar-refractivity contribution in [1.29, 1.82) is 0 Å². The number of benzene rings is 1. The number of halogens is 2. The summed E-state index contributed by atoms with van der Waals surface area (Å²) >= 11 is 6.83. The van der Waals surface area contributed by atoms with Crippen LogP contribution in [-0.4, -0.2) is 27.2 Å². The first kappa shape index (κ1) is 15.4. The second-order valence-electron chi connectivity index (χ2n) is 3.78. The van der Waals surface area contributed by atoms with Crippen LogP contribution in [0, 0.1) is 5.82 Å². The Kier molecular flexibility index (Phi) is 6.08. The van der Waals surface area contributed by atoms with Crippen LogP contribution in [0.4, 0.5) is 4.39 Å². The van der Waals surface area contributed by atoms with E-state index in [0.717, 1.165) is 11.8 Å². The molecule has 0 aliphatic carbocycles. The fraction of sp³-hybridized carbons (Fsp3) is 0.417. The average Bonchev–Trinajstić information content (AvgIpc) is 2.27. The van der Waals surface area contributed by atoms with Crippen LogP contribution in [0.1, 0.15) is 25.0 Å². The van der Waals surface area contributed by atoms with E-state index in [2.05, 4.69) is 0 Å². The molecule has 0 spiro atoms. The predicted molar refractivity (Wildman–Crippen MR) is 70.1 cm³/mol. The molecule has 0 radical (unpaired) electrons. The molecule has 2 unspecified atom stereocenters. The van der Waals surface area contributed by atoms with Crippen LogP contribution < -0.4 is 0 Å². The fourth-order valence-electron chi connectivity index (χ4n) is 1.47. The zero-order chi connectivity index (χ0) is 13.7. The fourth-order valence-corrected chi connectivity index (χ4v) is 2.39. The number of carbonyl (C=O) groups is 1. The molecule has 1 aromatic rings. The molecule has 0 aromatic heterocycles. The lowest BCUT2D eigenvalue weighted by atomic mass is 10.0. The molecule has 0 bridgehead atoms. The molecule has 0 heterocycles. The van der Waals surface area contributed by atoms with Crippen molar-refractivity contribution in [2.45, 2.75) is 25.6 Å². The summed E-state index contributed by atoms with van der Waals surface area (Å²) in [5, 5.41) is 19.6. The second-order valence-corrected chi connectivity index (χ2v) is 5.46. The first-order valence-corrected chi connectivity index (χ1v) is 6.73. The van der Waals surface area contributed by atoms with Crippen molar-refractivity contribution in [3.8, 4) is 0 Å². The summed E-state index contributed by atoms with van der Waals surface area (Å²) in [6, 6.07) is 4.04. The zero-order valence-electron chi connectivity index (χ0n) is 9.77. The maximum Gasteiger partial charge on any atom is 0.185 e. The summed E-state index contributed by atoms with van der Waals surface area (Å²) in [6.45, 7) is 1.42. The molecule has 18 heavy (non-hydrogen) atoms. The number of aliphatic hydroxyl groups is 2. The van der Waals surface area contributed by atoms with Gasteiger partial charge in [0.1, 0.15) is 11.9 Å². The van der Waals surface area contributed by atoms with Gasteiger partial charge in [0.05, 0.1) is 6.10 Å². The summed E-state index contributed by atoms with van der Waals surface area (Å²) in [5.74, 6) is -0.298. The first-order valence-electron chi connectivity index (χ1n) is 5.37. The predicted octanol–water partition coefficient (Wildman–Crippen LogP) is 2.54. The molecule has 0 amide bonds. The number of aliphatic hydroxyl groups excluding tert-OH is 2. The standard InChI is InChI=1S/C12H14ClFO3S/c1-7(15)18-6-5-10(16)12(17)11-8(13)3-2-4-9(11)14/h2-4,10,12,16-17H,5-6H2,1H3. The van der Waals surface area contributed by atoms with Gasteiger partial charge in [0.25, 0.3) is 0 Å². The maximum atomic E-state index is 13.5. The molecule has 3 nitrogen and oxygen atoms in total. The van der Waals surface area contributed by atoms with Crippen molar-refractivity contribution in [1.82, 2.24) is 0 Å². The molecule has 0 saturated carbocycles. The van der Waals surface area contributed by atoms with E-state index in [1.165, 1.54) is 25.1 Å². The van der Waals surface area contributed by atoms with E-state index >= 15 is 0 Å². The van der Waals surface area contributed by atoms with Gasteiger partial charge < -0.3 is 10.2 Å². The van der Waals surface area contributed by atoms with E-state index in [9.17, 15) is 19.4 Å². The van der Waals surface area contributed by atoms with Crippen LogP contribution in [0.5, 0.6) is 0 Å². The quantitative estimate of drug-likeness (QED) is 0.876. The molecule has 0 aliphatic rings. The monoisotopic (exact) mass is 292 g/mol. The lowest BCUT2D eigenvalue weighted by Gasteiger charge is -2.19. The number of rotatable bonds is 5. The normalized spacial score (nSPS) is 14.3. The van der Waals surface area contributed by atoms with Gasteiger partial charge in [-0.25, -0.2) is 4.39 Å². The van der Waals surface area contributed by atoms with Crippen LogP contribution in [0.15, 0.2) is 18.2 Å². The minimum absolute atomic E-state index is 0.0689. The minimum Gasteiger partial charge on any atom is -0.390 e. The third-order valence-electron chi connectivity index (χ3n) is 2.38. The first-order chi connectivity index (χ1) is 8.43. The van der Waals surface area contributed by atoms with Gasteiger partial charge >= 0.3 is 0 Å². The Morgan fingerprint density at radius 2 is 2.17 bits per heavy atom. The molecule has 100 valence electrons. The highest BCUT2D eigenvalue weighted by molar-refractivity contribution is 8.13. The van der Waals surface area contributed by atoms with Crippen LogP contribution in [0.2, 0.25) is 5.02 Å². The highest BCUT2D eigenvalue weighted by atomic mass is 35.5. The highest BCUT2D eigenvalue weighted by Crippen LogP contribution is 2.29. The Morgan fingerprint density at radius 1 is 1.50 bits per heavy atom. The lowest BCUT2D eigenvalue weighted by Crippen LogP contribution is -2.20. The number of thioether (sulfide) groups is 1. The van der Waals surface area contributed by atoms with Crippen LogP contribution in [-0.2, 0) is 4.79 Å². The van der Waals surface area contributed by atoms with Crippen molar-refractivity contribution in [2.24, 2.45) is 0 Å². The Hall–Kier alpha value is -0.620. The van der Waals surface area contributed by atoms with Crippen molar-refractivity contribution in [2.75, 3.05) is 5.75 Å². The Balaban J connectivity index is 2.68. The Labute approximate surface area is 114 Å². The topological polar surface area (TPSA) is 57.5 Å². The number of hydrogen-bond acceptors (Lipinski definition) is 4. The van der Waals surface area contributed by atoms with E-state index in [1.54, 1.807) is 0 Å². The smallest absolute Gasteiger partial charge is 0.185 e. The lowest BCUT2D eigenvalue weighted by molar-refractivity contribution is -0.109. The third-order valence-corrected chi connectivity index (χ3v) is 3.55. The van der Waals surface area contributed by atoms with Gasteiger partial charge in [0.2, 0.25) is 0 Å². The molecule has 0 aliphatic heterocycles. The van der Waals surface area contributed by atoms with E-state index in [0.29, 0.717) is 5.75 Å². The average molecular weight is 293 g/mol. The SMILES string of the molecule is CC(=O)SCCC(O)C(O)c1c(F)cccc1Cl. The highest BCUT2D eigenvalue weighted by Gasteiger charge is 2.23. The summed E-state index contributed by atoms with van der Waals surface area (Å²) in [7, 11) is 0. The molecular formula is C12H14ClFO3S. The molecule has 0 saturated heterocycles. The molecule has 2 N–H and O–H groups in total. The van der Waals surface area contributed by atoms with Crippen molar-refractivity contribution in [3.63, 3.8) is 0 Å². The maximum absolute atomic E-state index is 13.5. The molecule has 6 heteroatoms. The second kappa shape index (κ2) is 7.09. The van der Waals surface area contributed by atoms with Crippen LogP contribution in [0.25, 0.3) is 0 Å². The van der Waals surface area contributed by atoms with E-state index in [4.69, 9.17) is 11.6 Å². The zero-order valence-corrected chi connectivity index (χ0v) is 11.3. The van der Waals surface area contributed by atoms with Crippen molar-refractivity contribution < 1.29 is 19.4 Å². The summed E-state index contributed by atoms with van der Waals surface area (Å²) < 4.78 is 13.5. The van der Waals surface area contributed by atoms with E-state index < -0.39 is 18.0 Å². The van der Waals surface area contributed by atoms with Crippen LogP contribution in [0.3, 0.4) is 0 Å². The summed E-state index contributed by atoms with van der Waals surface area (Å²) in [6.07, 6.45) is -2.38. The summed E-state index contributed by atoms with van der Waals surface area (Å²) in [4.78, 5) is 10.7. The third kappa shape index (κ3) is 4.24. The van der Waals surface area contributed by atoms with Gasteiger partial charge in [0.15, 0.2) is 5.12 Å². The molecule has 2 atom stereocenters. The molecular weight excluding hydrogens is 279 g/mol. The van der Waals surface area contributed by atoms with Crippen LogP contribution >= 0.6 is 23.4 Å². The minimum atomic E-state index is -1.40. The van der Waals surface area contributed by atoms with Gasteiger partial charge in [-0.05, 0) is 18.6 Å². The van der Waals surface area contributed by atoms with E-state index in [-0.39, 0.29) is 22.1 Å². The van der Waals surface area contributed by atoms with Gasteiger partial charge in [-0.2, -0.15) is 0 Å². The van der Waals surface area contributed by atoms with Gasteiger partial charge in [-0.3, -0.25) is 4.79 Å². The van der Waals surface area contributed by atoms with Crippen molar-refractivity contribution >= 4 is 28.5 Å². The summed E-state index contributed by atoms with van der Waals surface area (Å²) in [5.41, 5.74) is -0.112. The number of carbonyl (C=O) groups excluding carboxylic acids is 1. The van der Waals surface area contributed by atoms with E-state index in [1.807, 2.05) is 0 Å². The molecule has 0 fully saturated rings. The van der Waals surface area contributed by atoms with Gasteiger partial charge in [-0.1, -0.05) is 29.4 Å². The largest absolute Gasteiger partial charge is 0.390 e. The van der Waals surface area contributed by atoms with Gasteiger partial charge in [-0.15, -0.1) is 0 Å².